The Labute approximate surface area is 81.0 Å². The normalized spacial score (nSPS) is 12.1. The Hall–Kier alpha value is -1.46. The Morgan fingerprint density at radius 3 is 2.86 bits per heavy atom. The summed E-state index contributed by atoms with van der Waals surface area (Å²) in [5, 5.41) is 17.5. The molecule has 1 aromatic rings. The first-order chi connectivity index (χ1) is 6.76. The lowest BCUT2D eigenvalue weighted by Crippen LogP contribution is -2.21. The number of aliphatic hydroxyl groups is 2. The summed E-state index contributed by atoms with van der Waals surface area (Å²) in [4.78, 5) is 14.0. The second-order valence-electron chi connectivity index (χ2n) is 2.68. The van der Waals surface area contributed by atoms with E-state index < -0.39 is 6.10 Å². The molecule has 0 saturated heterocycles. The highest BCUT2D eigenvalue weighted by Crippen LogP contribution is 2.08. The first-order valence-electron chi connectivity index (χ1n) is 4.09. The van der Waals surface area contributed by atoms with Gasteiger partial charge in [-0.25, -0.2) is 4.98 Å². The highest BCUT2D eigenvalue weighted by molar-refractivity contribution is 5.71. The van der Waals surface area contributed by atoms with E-state index in [4.69, 9.17) is 14.9 Å². The van der Waals surface area contributed by atoms with Crippen LogP contribution in [0, 0.1) is 0 Å². The lowest BCUT2D eigenvalue weighted by Gasteiger charge is -2.08. The van der Waals surface area contributed by atoms with Gasteiger partial charge in [0.05, 0.1) is 12.8 Å². The van der Waals surface area contributed by atoms with E-state index in [1.807, 2.05) is 0 Å². The maximum atomic E-state index is 10.3. The molecule has 1 rings (SSSR count). The van der Waals surface area contributed by atoms with Crippen LogP contribution in [0.15, 0.2) is 18.3 Å². The van der Waals surface area contributed by atoms with E-state index in [-0.39, 0.29) is 13.2 Å². The zero-order chi connectivity index (χ0) is 10.4. The van der Waals surface area contributed by atoms with Crippen molar-refractivity contribution < 1.29 is 19.7 Å². The largest absolute Gasteiger partial charge is 0.489 e. The van der Waals surface area contributed by atoms with Crippen molar-refractivity contribution in [3.05, 3.63) is 24.0 Å². The van der Waals surface area contributed by atoms with Gasteiger partial charge in [-0.15, -0.1) is 0 Å². The minimum Gasteiger partial charge on any atom is -0.489 e. The third kappa shape index (κ3) is 3.12. The Balaban J connectivity index is 2.47. The molecule has 0 aliphatic rings. The molecule has 0 amide bonds. The lowest BCUT2D eigenvalue weighted by atomic mass is 10.3. The van der Waals surface area contributed by atoms with Crippen LogP contribution in [0.25, 0.3) is 0 Å². The minimum atomic E-state index is -0.902. The van der Waals surface area contributed by atoms with Crippen LogP contribution >= 0.6 is 0 Å². The predicted molar refractivity (Wildman–Crippen MR) is 48.2 cm³/mol. The van der Waals surface area contributed by atoms with Crippen LogP contribution in [0.5, 0.6) is 5.75 Å². The molecule has 1 heterocycles. The molecule has 0 aliphatic carbocycles. The molecular weight excluding hydrogens is 186 g/mol. The third-order valence-corrected chi connectivity index (χ3v) is 1.53. The van der Waals surface area contributed by atoms with Crippen LogP contribution in [-0.2, 0) is 0 Å². The van der Waals surface area contributed by atoms with Crippen molar-refractivity contribution >= 4 is 6.29 Å². The van der Waals surface area contributed by atoms with E-state index in [0.29, 0.717) is 17.7 Å². The minimum absolute atomic E-state index is 0.00137. The molecule has 0 aliphatic heterocycles. The van der Waals surface area contributed by atoms with Crippen LogP contribution in [-0.4, -0.2) is 40.8 Å². The SMILES string of the molecule is O=Cc1ccc(OCC(O)CO)cn1. The summed E-state index contributed by atoms with van der Waals surface area (Å²) in [6, 6.07) is 3.08. The summed E-state index contributed by atoms with van der Waals surface area (Å²) in [6.07, 6.45) is 1.11. The number of rotatable bonds is 5. The molecule has 14 heavy (non-hydrogen) atoms. The highest BCUT2D eigenvalue weighted by Gasteiger charge is 2.02. The number of pyridine rings is 1. The summed E-state index contributed by atoms with van der Waals surface area (Å²) in [5.74, 6) is 0.447. The Kier molecular flexibility index (Phi) is 4.03. The molecule has 76 valence electrons. The van der Waals surface area contributed by atoms with E-state index in [9.17, 15) is 4.79 Å². The first-order valence-corrected chi connectivity index (χ1v) is 4.09. The molecule has 5 nitrogen and oxygen atoms in total. The molecule has 0 radical (unpaired) electrons. The number of nitrogens with zero attached hydrogens (tertiary/aromatic N) is 1. The average Bonchev–Trinajstić information content (AvgIpc) is 2.26. The van der Waals surface area contributed by atoms with Crippen molar-refractivity contribution in [3.8, 4) is 5.75 Å². The highest BCUT2D eigenvalue weighted by atomic mass is 16.5. The van der Waals surface area contributed by atoms with Gasteiger partial charge in [0.25, 0.3) is 0 Å². The van der Waals surface area contributed by atoms with Crippen molar-refractivity contribution in [2.45, 2.75) is 6.10 Å². The predicted octanol–water partition coefficient (Wildman–Crippen LogP) is -0.374. The monoisotopic (exact) mass is 197 g/mol. The summed E-state index contributed by atoms with van der Waals surface area (Å²) in [6.45, 7) is -0.349. The van der Waals surface area contributed by atoms with Crippen molar-refractivity contribution in [1.82, 2.24) is 4.98 Å². The van der Waals surface area contributed by atoms with E-state index in [1.54, 1.807) is 6.07 Å². The van der Waals surface area contributed by atoms with Gasteiger partial charge in [-0.2, -0.15) is 0 Å². The van der Waals surface area contributed by atoms with Crippen LogP contribution in [0.2, 0.25) is 0 Å². The molecule has 1 unspecified atom stereocenters. The fraction of sp³-hybridized carbons (Fsp3) is 0.333. The number of carbonyl (C=O) groups is 1. The van der Waals surface area contributed by atoms with E-state index in [0.717, 1.165) is 0 Å². The number of ether oxygens (including phenoxy) is 1. The molecule has 2 N–H and O–H groups in total. The van der Waals surface area contributed by atoms with Gasteiger partial charge in [-0.1, -0.05) is 0 Å². The summed E-state index contributed by atoms with van der Waals surface area (Å²) in [5.41, 5.74) is 0.319. The standard InChI is InChI=1S/C9H11NO4/c11-4-7-1-2-9(3-10-7)14-6-8(13)5-12/h1-4,8,12-13H,5-6H2. The second-order valence-corrected chi connectivity index (χ2v) is 2.68. The third-order valence-electron chi connectivity index (χ3n) is 1.53. The van der Waals surface area contributed by atoms with Crippen LogP contribution in [0.3, 0.4) is 0 Å². The van der Waals surface area contributed by atoms with Crippen molar-refractivity contribution in [3.63, 3.8) is 0 Å². The number of aldehydes is 1. The van der Waals surface area contributed by atoms with Gasteiger partial charge >= 0.3 is 0 Å². The Bertz CT molecular complexity index is 285. The number of hydrogen-bond acceptors (Lipinski definition) is 5. The van der Waals surface area contributed by atoms with E-state index >= 15 is 0 Å². The van der Waals surface area contributed by atoms with Crippen molar-refractivity contribution in [1.29, 1.82) is 0 Å². The molecule has 1 aromatic heterocycles. The number of hydrogen-bond donors (Lipinski definition) is 2. The first kappa shape index (κ1) is 10.6. The Morgan fingerprint density at radius 1 is 1.57 bits per heavy atom. The topological polar surface area (TPSA) is 79.7 Å². The molecule has 0 spiro atoms. The van der Waals surface area contributed by atoms with Gasteiger partial charge in [0.2, 0.25) is 0 Å². The summed E-state index contributed by atoms with van der Waals surface area (Å²) < 4.78 is 5.07. The smallest absolute Gasteiger partial charge is 0.168 e. The summed E-state index contributed by atoms with van der Waals surface area (Å²) >= 11 is 0. The van der Waals surface area contributed by atoms with E-state index in [2.05, 4.69) is 4.98 Å². The van der Waals surface area contributed by atoms with Crippen molar-refractivity contribution in [2.75, 3.05) is 13.2 Å². The van der Waals surface area contributed by atoms with Gasteiger partial charge < -0.3 is 14.9 Å². The van der Waals surface area contributed by atoms with Crippen LogP contribution < -0.4 is 4.74 Å². The molecular formula is C9H11NO4. The van der Waals surface area contributed by atoms with E-state index in [1.165, 1.54) is 12.3 Å². The van der Waals surface area contributed by atoms with Crippen molar-refractivity contribution in [2.24, 2.45) is 0 Å². The Morgan fingerprint density at radius 2 is 2.36 bits per heavy atom. The second kappa shape index (κ2) is 5.31. The van der Waals surface area contributed by atoms with Gasteiger partial charge in [0.15, 0.2) is 6.29 Å². The molecule has 5 heteroatoms. The summed E-state index contributed by atoms with van der Waals surface area (Å²) in [7, 11) is 0. The molecule has 0 fully saturated rings. The van der Waals surface area contributed by atoms with Crippen LogP contribution in [0.1, 0.15) is 10.5 Å². The quantitative estimate of drug-likeness (QED) is 0.629. The fourth-order valence-corrected chi connectivity index (χ4v) is 0.792. The fourth-order valence-electron chi connectivity index (χ4n) is 0.792. The number of carbonyl (C=O) groups excluding carboxylic acids is 1. The van der Waals surface area contributed by atoms with Gasteiger partial charge in [0.1, 0.15) is 24.2 Å². The van der Waals surface area contributed by atoms with Gasteiger partial charge in [-0.3, -0.25) is 4.79 Å². The maximum Gasteiger partial charge on any atom is 0.168 e. The molecule has 0 saturated carbocycles. The average molecular weight is 197 g/mol. The lowest BCUT2D eigenvalue weighted by molar-refractivity contribution is 0.0535. The van der Waals surface area contributed by atoms with Gasteiger partial charge in [0, 0.05) is 0 Å². The number of aliphatic hydroxyl groups excluding tert-OH is 2. The molecule has 0 aromatic carbocycles. The van der Waals surface area contributed by atoms with Gasteiger partial charge in [-0.05, 0) is 12.1 Å². The zero-order valence-electron chi connectivity index (χ0n) is 7.46. The molecule has 0 bridgehead atoms. The molecule has 1 atom stereocenters. The zero-order valence-corrected chi connectivity index (χ0v) is 7.46. The maximum absolute atomic E-state index is 10.3. The van der Waals surface area contributed by atoms with Crippen LogP contribution in [0.4, 0.5) is 0 Å². The number of aromatic nitrogens is 1.